The molecular formula is C16H27N3O2. The Kier molecular flexibility index (Phi) is 5.04. The first-order chi connectivity index (χ1) is 9.96. The number of hydrogen-bond acceptors (Lipinski definition) is 4. The first kappa shape index (κ1) is 16.0. The molecule has 2 rings (SSSR count). The number of carbonyl (C=O) groups is 1. The normalized spacial score (nSPS) is 17.4. The van der Waals surface area contributed by atoms with E-state index in [-0.39, 0.29) is 12.0 Å². The van der Waals surface area contributed by atoms with Crippen molar-refractivity contribution in [1.82, 2.24) is 14.9 Å². The Bertz CT molecular complexity index is 496. The standard InChI is InChI=1S/C16H27N3O2/c1-5-21-15(20)16(4,18-12(2)3)10-19-11-17-13-8-6-7-9-14(13)19/h11-12,18H,5-10H2,1-4H3. The van der Waals surface area contributed by atoms with Crippen LogP contribution in [0.25, 0.3) is 0 Å². The Morgan fingerprint density at radius 2 is 2.19 bits per heavy atom. The van der Waals surface area contributed by atoms with Crippen LogP contribution in [0, 0.1) is 0 Å². The molecule has 1 aliphatic carbocycles. The van der Waals surface area contributed by atoms with Gasteiger partial charge in [0.05, 0.1) is 25.2 Å². The zero-order valence-electron chi connectivity index (χ0n) is 13.6. The van der Waals surface area contributed by atoms with E-state index in [0.29, 0.717) is 13.2 Å². The Balaban J connectivity index is 2.22. The van der Waals surface area contributed by atoms with Crippen LogP contribution < -0.4 is 5.32 Å². The molecule has 21 heavy (non-hydrogen) atoms. The van der Waals surface area contributed by atoms with E-state index >= 15 is 0 Å². The number of carbonyl (C=O) groups excluding carboxylic acids is 1. The largest absolute Gasteiger partial charge is 0.465 e. The third kappa shape index (κ3) is 3.64. The molecule has 5 nitrogen and oxygen atoms in total. The second kappa shape index (κ2) is 6.60. The van der Waals surface area contributed by atoms with Gasteiger partial charge in [0.2, 0.25) is 0 Å². The molecule has 1 aromatic rings. The van der Waals surface area contributed by atoms with Crippen LogP contribution in [-0.2, 0) is 28.9 Å². The highest BCUT2D eigenvalue weighted by Gasteiger charge is 2.36. The maximum absolute atomic E-state index is 12.4. The maximum atomic E-state index is 12.4. The highest BCUT2D eigenvalue weighted by atomic mass is 16.5. The van der Waals surface area contributed by atoms with Crippen LogP contribution in [-0.4, -0.2) is 33.7 Å². The number of nitrogens with zero attached hydrogens (tertiary/aromatic N) is 2. The first-order valence-electron chi connectivity index (χ1n) is 7.94. The fraction of sp³-hybridized carbons (Fsp3) is 0.750. The number of imidazole rings is 1. The van der Waals surface area contributed by atoms with Crippen LogP contribution in [0.5, 0.6) is 0 Å². The van der Waals surface area contributed by atoms with Crippen molar-refractivity contribution in [3.63, 3.8) is 0 Å². The topological polar surface area (TPSA) is 56.2 Å². The number of ether oxygens (including phenoxy) is 1. The molecule has 1 aliphatic rings. The molecule has 1 aromatic heterocycles. The van der Waals surface area contributed by atoms with Gasteiger partial charge in [-0.05, 0) is 53.4 Å². The Labute approximate surface area is 127 Å². The Morgan fingerprint density at radius 3 is 2.86 bits per heavy atom. The summed E-state index contributed by atoms with van der Waals surface area (Å²) in [5.41, 5.74) is 1.75. The number of aryl methyl sites for hydroxylation is 1. The molecule has 0 bridgehead atoms. The van der Waals surface area contributed by atoms with Gasteiger partial charge >= 0.3 is 5.97 Å². The lowest BCUT2D eigenvalue weighted by Crippen LogP contribution is -2.56. The highest BCUT2D eigenvalue weighted by Crippen LogP contribution is 2.22. The number of hydrogen-bond donors (Lipinski definition) is 1. The summed E-state index contributed by atoms with van der Waals surface area (Å²) in [5.74, 6) is -0.197. The minimum Gasteiger partial charge on any atom is -0.465 e. The van der Waals surface area contributed by atoms with Crippen molar-refractivity contribution < 1.29 is 9.53 Å². The molecule has 0 radical (unpaired) electrons. The van der Waals surface area contributed by atoms with Crippen LogP contribution in [0.3, 0.4) is 0 Å². The average molecular weight is 293 g/mol. The predicted molar refractivity (Wildman–Crippen MR) is 82.2 cm³/mol. The van der Waals surface area contributed by atoms with Crippen molar-refractivity contribution in [2.75, 3.05) is 6.61 Å². The molecule has 0 saturated heterocycles. The Morgan fingerprint density at radius 1 is 1.48 bits per heavy atom. The molecule has 1 unspecified atom stereocenters. The van der Waals surface area contributed by atoms with E-state index < -0.39 is 5.54 Å². The molecular weight excluding hydrogens is 266 g/mol. The van der Waals surface area contributed by atoms with E-state index in [1.807, 2.05) is 34.0 Å². The van der Waals surface area contributed by atoms with Gasteiger partial charge in [0.25, 0.3) is 0 Å². The van der Waals surface area contributed by atoms with Gasteiger partial charge in [-0.1, -0.05) is 0 Å². The van der Waals surface area contributed by atoms with E-state index in [2.05, 4.69) is 14.9 Å². The number of fused-ring (bicyclic) bond motifs is 1. The van der Waals surface area contributed by atoms with Crippen LogP contribution in [0.15, 0.2) is 6.33 Å². The summed E-state index contributed by atoms with van der Waals surface area (Å²) >= 11 is 0. The van der Waals surface area contributed by atoms with Crippen molar-refractivity contribution in [2.45, 2.75) is 71.5 Å². The lowest BCUT2D eigenvalue weighted by Gasteiger charge is -2.31. The van der Waals surface area contributed by atoms with Gasteiger partial charge in [0, 0.05) is 11.7 Å². The van der Waals surface area contributed by atoms with Crippen LogP contribution in [0.2, 0.25) is 0 Å². The van der Waals surface area contributed by atoms with E-state index in [4.69, 9.17) is 4.74 Å². The van der Waals surface area contributed by atoms with E-state index in [1.54, 1.807) is 0 Å². The number of esters is 1. The molecule has 0 fully saturated rings. The average Bonchev–Trinajstić information content (AvgIpc) is 2.81. The zero-order chi connectivity index (χ0) is 15.5. The van der Waals surface area contributed by atoms with Crippen LogP contribution >= 0.6 is 0 Å². The summed E-state index contributed by atoms with van der Waals surface area (Å²) in [7, 11) is 0. The molecule has 1 heterocycles. The third-order valence-corrected chi connectivity index (χ3v) is 3.93. The number of rotatable bonds is 6. The number of nitrogens with one attached hydrogen (secondary N) is 1. The lowest BCUT2D eigenvalue weighted by atomic mass is 9.98. The van der Waals surface area contributed by atoms with Gasteiger partial charge in [-0.2, -0.15) is 0 Å². The summed E-state index contributed by atoms with van der Waals surface area (Å²) in [4.78, 5) is 16.9. The molecule has 0 aromatic carbocycles. The summed E-state index contributed by atoms with van der Waals surface area (Å²) < 4.78 is 7.39. The van der Waals surface area contributed by atoms with Crippen molar-refractivity contribution in [1.29, 1.82) is 0 Å². The smallest absolute Gasteiger partial charge is 0.327 e. The molecule has 0 spiro atoms. The monoisotopic (exact) mass is 293 g/mol. The van der Waals surface area contributed by atoms with E-state index in [0.717, 1.165) is 12.8 Å². The second-order valence-electron chi connectivity index (χ2n) is 6.32. The van der Waals surface area contributed by atoms with Crippen molar-refractivity contribution in [2.24, 2.45) is 0 Å². The SMILES string of the molecule is CCOC(=O)C(C)(Cn1cnc2c1CCCC2)NC(C)C. The zero-order valence-corrected chi connectivity index (χ0v) is 13.6. The maximum Gasteiger partial charge on any atom is 0.327 e. The molecule has 5 heteroatoms. The van der Waals surface area contributed by atoms with Gasteiger partial charge in [-0.25, -0.2) is 9.78 Å². The van der Waals surface area contributed by atoms with Crippen molar-refractivity contribution in [3.8, 4) is 0 Å². The van der Waals surface area contributed by atoms with Crippen LogP contribution in [0.4, 0.5) is 0 Å². The number of aromatic nitrogens is 2. The van der Waals surface area contributed by atoms with E-state index in [9.17, 15) is 4.79 Å². The molecule has 1 atom stereocenters. The van der Waals surface area contributed by atoms with Crippen molar-refractivity contribution in [3.05, 3.63) is 17.7 Å². The van der Waals surface area contributed by atoms with Gasteiger partial charge in [0.15, 0.2) is 0 Å². The minimum absolute atomic E-state index is 0.197. The molecule has 1 N–H and O–H groups in total. The van der Waals surface area contributed by atoms with Crippen LogP contribution in [0.1, 0.15) is 51.9 Å². The third-order valence-electron chi connectivity index (χ3n) is 3.93. The summed E-state index contributed by atoms with van der Waals surface area (Å²) in [6, 6.07) is 0.207. The second-order valence-corrected chi connectivity index (χ2v) is 6.32. The van der Waals surface area contributed by atoms with Gasteiger partial charge < -0.3 is 9.30 Å². The molecule has 118 valence electrons. The highest BCUT2D eigenvalue weighted by molar-refractivity contribution is 5.80. The summed E-state index contributed by atoms with van der Waals surface area (Å²) in [6.45, 7) is 8.80. The Hall–Kier alpha value is -1.36. The fourth-order valence-electron chi connectivity index (χ4n) is 3.10. The molecule has 0 amide bonds. The van der Waals surface area contributed by atoms with Gasteiger partial charge in [-0.3, -0.25) is 5.32 Å². The summed E-state index contributed by atoms with van der Waals surface area (Å²) in [6.07, 6.45) is 6.39. The molecule has 0 aliphatic heterocycles. The first-order valence-corrected chi connectivity index (χ1v) is 7.94. The molecule has 0 saturated carbocycles. The van der Waals surface area contributed by atoms with E-state index in [1.165, 1.54) is 24.2 Å². The minimum atomic E-state index is -0.726. The quantitative estimate of drug-likeness (QED) is 0.816. The summed E-state index contributed by atoms with van der Waals surface area (Å²) in [5, 5.41) is 3.36. The fourth-order valence-corrected chi connectivity index (χ4v) is 3.10. The predicted octanol–water partition coefficient (Wildman–Crippen LogP) is 2.08. The van der Waals surface area contributed by atoms with Crippen molar-refractivity contribution >= 4 is 5.97 Å². The lowest BCUT2D eigenvalue weighted by molar-refractivity contribution is -0.151. The van der Waals surface area contributed by atoms with Gasteiger partial charge in [0.1, 0.15) is 5.54 Å². The van der Waals surface area contributed by atoms with Gasteiger partial charge in [-0.15, -0.1) is 0 Å².